The fraction of sp³-hybridized carbons (Fsp3) is 0.385. The van der Waals surface area contributed by atoms with Crippen LogP contribution in [0.15, 0.2) is 60.7 Å². The van der Waals surface area contributed by atoms with Gasteiger partial charge in [0, 0.05) is 47.2 Å². The summed E-state index contributed by atoms with van der Waals surface area (Å²) in [6, 6.07) is 12.1. The first-order valence-corrected chi connectivity index (χ1v) is 16.9. The summed E-state index contributed by atoms with van der Waals surface area (Å²) >= 11 is 0. The Morgan fingerprint density at radius 1 is 0.510 bits per heavy atom. The van der Waals surface area contributed by atoms with Crippen LogP contribution in [-0.2, 0) is 0 Å². The molecule has 0 aromatic heterocycles. The van der Waals surface area contributed by atoms with Crippen LogP contribution >= 0.6 is 0 Å². The molecule has 4 nitrogen and oxygen atoms in total. The van der Waals surface area contributed by atoms with E-state index >= 15 is 0 Å². The predicted molar refractivity (Wildman–Crippen MR) is 178 cm³/mol. The molecule has 0 fully saturated rings. The second-order valence-corrected chi connectivity index (χ2v) is 12.1. The smallest absolute Gasteiger partial charge is 0.248 e. The lowest BCUT2D eigenvalue weighted by atomic mass is 10.0. The summed E-state index contributed by atoms with van der Waals surface area (Å²) in [7, 11) is 0. The Morgan fingerprint density at radius 3 is 1.45 bits per heavy atom. The first-order chi connectivity index (χ1) is 24.4. The maximum absolute atomic E-state index is 14.7. The van der Waals surface area contributed by atoms with Crippen molar-refractivity contribution in [2.45, 2.75) is 77.1 Å². The average molecular weight is 725 g/mol. The normalized spacial score (nSPS) is 11.5. The summed E-state index contributed by atoms with van der Waals surface area (Å²) in [5.41, 5.74) is -0.888. The Morgan fingerprint density at radius 2 is 0.961 bits per heavy atom. The van der Waals surface area contributed by atoms with Gasteiger partial charge in [0.15, 0.2) is 23.1 Å². The van der Waals surface area contributed by atoms with Gasteiger partial charge in [-0.15, -0.1) is 0 Å². The number of phenols is 1. The van der Waals surface area contributed by atoms with Crippen molar-refractivity contribution in [3.63, 3.8) is 0 Å². The average Bonchev–Trinajstić information content (AvgIpc) is 3.09. The van der Waals surface area contributed by atoms with Crippen molar-refractivity contribution in [2.24, 2.45) is 0 Å². The topological polar surface area (TPSA) is 47.9 Å². The van der Waals surface area contributed by atoms with Crippen molar-refractivity contribution in [3.8, 4) is 45.3 Å². The van der Waals surface area contributed by atoms with Gasteiger partial charge in [0.05, 0.1) is 19.8 Å². The van der Waals surface area contributed by atoms with Gasteiger partial charge in [-0.05, 0) is 81.1 Å². The van der Waals surface area contributed by atoms with Crippen molar-refractivity contribution < 1.29 is 54.4 Å². The van der Waals surface area contributed by atoms with E-state index in [4.69, 9.17) is 14.2 Å². The second kappa shape index (κ2) is 18.7. The zero-order chi connectivity index (χ0) is 37.0. The molecule has 276 valence electrons. The number of hydrogen-bond donors (Lipinski definition) is 1. The van der Waals surface area contributed by atoms with Gasteiger partial charge in [0.2, 0.25) is 17.6 Å². The van der Waals surface area contributed by atoms with Crippen LogP contribution in [0.4, 0.5) is 35.1 Å². The summed E-state index contributed by atoms with van der Waals surface area (Å²) in [6.07, 6.45) is 3.80. The largest absolute Gasteiger partial charge is 0.505 e. The number of alkyl halides is 2. The molecular formula is C39H40F8O4. The molecule has 1 N–H and O–H groups in total. The summed E-state index contributed by atoms with van der Waals surface area (Å²) in [4.78, 5) is 0. The summed E-state index contributed by atoms with van der Waals surface area (Å²) in [5, 5.41) is 9.26. The zero-order valence-corrected chi connectivity index (χ0v) is 28.2. The number of hydrogen-bond acceptors (Lipinski definition) is 4. The molecule has 4 aromatic carbocycles. The second-order valence-electron chi connectivity index (χ2n) is 12.1. The lowest BCUT2D eigenvalue weighted by Crippen LogP contribution is -2.15. The fourth-order valence-electron chi connectivity index (χ4n) is 5.55. The minimum atomic E-state index is -2.78. The van der Waals surface area contributed by atoms with Gasteiger partial charge in [-0.3, -0.25) is 0 Å². The van der Waals surface area contributed by atoms with Crippen LogP contribution in [0.1, 0.15) is 71.1 Å². The number of phenolic OH excluding ortho intramolecular Hbond substituents is 1. The molecule has 0 spiro atoms. The van der Waals surface area contributed by atoms with Crippen LogP contribution in [0, 0.1) is 34.9 Å². The van der Waals surface area contributed by atoms with Crippen LogP contribution < -0.4 is 14.2 Å². The van der Waals surface area contributed by atoms with Crippen molar-refractivity contribution in [1.29, 1.82) is 0 Å². The molecule has 4 rings (SSSR count). The highest BCUT2D eigenvalue weighted by molar-refractivity contribution is 5.67. The summed E-state index contributed by atoms with van der Waals surface area (Å²) in [6.45, 7) is 2.25. The number of halogens is 8. The van der Waals surface area contributed by atoms with E-state index < -0.39 is 46.6 Å². The SMILES string of the molecule is CCOc1ccc(-c2ccc(OCCCCCCC(F)(F)CCCCCCOc3ccc(-c4ccc(O)c(F)c4F)c(F)c3)cc2F)c(F)c1F. The van der Waals surface area contributed by atoms with Gasteiger partial charge in [-0.2, -0.15) is 8.78 Å². The number of ether oxygens (including phenoxy) is 3. The predicted octanol–water partition coefficient (Wildman–Crippen LogP) is 12.0. The molecule has 51 heavy (non-hydrogen) atoms. The van der Waals surface area contributed by atoms with E-state index in [1.54, 1.807) is 6.92 Å². The van der Waals surface area contributed by atoms with Crippen LogP contribution in [-0.4, -0.2) is 30.8 Å². The molecule has 0 saturated heterocycles. The molecule has 12 heteroatoms. The van der Waals surface area contributed by atoms with Gasteiger partial charge in [0.25, 0.3) is 0 Å². The minimum Gasteiger partial charge on any atom is -0.505 e. The molecule has 0 radical (unpaired) electrons. The molecule has 0 bridgehead atoms. The molecule has 0 aliphatic rings. The highest BCUT2D eigenvalue weighted by Crippen LogP contribution is 2.34. The Kier molecular flexibility index (Phi) is 14.4. The van der Waals surface area contributed by atoms with E-state index in [1.165, 1.54) is 36.4 Å². The van der Waals surface area contributed by atoms with Crippen molar-refractivity contribution in [2.75, 3.05) is 19.8 Å². The molecule has 4 aromatic rings. The minimum absolute atomic E-state index is 0.123. The highest BCUT2D eigenvalue weighted by Gasteiger charge is 2.27. The van der Waals surface area contributed by atoms with Gasteiger partial charge < -0.3 is 19.3 Å². The molecule has 0 aliphatic carbocycles. The lowest BCUT2D eigenvalue weighted by Gasteiger charge is -2.16. The Bertz CT molecular complexity index is 1750. The standard InChI is InChI=1S/C39H40F8O4/c1-2-49-34-18-16-30(36(43)38(34)45)28-14-12-26(24-32(28)41)51-22-10-6-4-8-20-39(46,47)19-7-3-5-9-21-50-25-11-13-27(31(40)23-25)29-15-17-33(48)37(44)35(29)42/h11-18,23-24,48H,2-10,19-22H2,1H3. The number of aromatic hydroxyl groups is 1. The summed E-state index contributed by atoms with van der Waals surface area (Å²) < 4.78 is 130. The van der Waals surface area contributed by atoms with Crippen LogP contribution in [0.5, 0.6) is 23.0 Å². The van der Waals surface area contributed by atoms with Gasteiger partial charge in [-0.1, -0.05) is 25.7 Å². The summed E-state index contributed by atoms with van der Waals surface area (Å²) in [5.74, 6) is -10.3. The Hall–Kier alpha value is -4.48. The fourth-order valence-corrected chi connectivity index (χ4v) is 5.55. The van der Waals surface area contributed by atoms with Crippen LogP contribution in [0.2, 0.25) is 0 Å². The number of rotatable bonds is 20. The molecule has 0 heterocycles. The first kappa shape index (κ1) is 39.3. The lowest BCUT2D eigenvalue weighted by molar-refractivity contribution is -0.0207. The van der Waals surface area contributed by atoms with Gasteiger partial charge in [-0.25, -0.2) is 26.3 Å². The quantitative estimate of drug-likeness (QED) is 0.0728. The van der Waals surface area contributed by atoms with E-state index in [-0.39, 0.29) is 72.2 Å². The van der Waals surface area contributed by atoms with E-state index in [2.05, 4.69) is 0 Å². The molecule has 0 amide bonds. The van der Waals surface area contributed by atoms with E-state index in [1.807, 2.05) is 0 Å². The molecule has 0 saturated carbocycles. The van der Waals surface area contributed by atoms with E-state index in [0.29, 0.717) is 51.4 Å². The maximum atomic E-state index is 14.7. The van der Waals surface area contributed by atoms with Crippen molar-refractivity contribution in [3.05, 3.63) is 95.6 Å². The number of unbranched alkanes of at least 4 members (excludes halogenated alkanes) is 6. The molecule has 0 aliphatic heterocycles. The maximum Gasteiger partial charge on any atom is 0.248 e. The van der Waals surface area contributed by atoms with Crippen molar-refractivity contribution in [1.82, 2.24) is 0 Å². The molecule has 0 atom stereocenters. The van der Waals surface area contributed by atoms with E-state index in [9.17, 15) is 40.2 Å². The van der Waals surface area contributed by atoms with Gasteiger partial charge in [0.1, 0.15) is 23.1 Å². The third kappa shape index (κ3) is 11.0. The van der Waals surface area contributed by atoms with Crippen LogP contribution in [0.25, 0.3) is 22.3 Å². The third-order valence-corrected chi connectivity index (χ3v) is 8.28. The monoisotopic (exact) mass is 724 g/mol. The molecular weight excluding hydrogens is 684 g/mol. The van der Waals surface area contributed by atoms with Crippen molar-refractivity contribution >= 4 is 0 Å². The zero-order valence-electron chi connectivity index (χ0n) is 28.2. The number of benzene rings is 4. The Balaban J connectivity index is 1.06. The third-order valence-electron chi connectivity index (χ3n) is 8.28. The van der Waals surface area contributed by atoms with Crippen LogP contribution in [0.3, 0.4) is 0 Å². The highest BCUT2D eigenvalue weighted by atomic mass is 19.3. The molecule has 0 unspecified atom stereocenters. The van der Waals surface area contributed by atoms with Gasteiger partial charge >= 0.3 is 0 Å². The Labute approximate surface area is 292 Å². The first-order valence-electron chi connectivity index (χ1n) is 16.9. The van der Waals surface area contributed by atoms with E-state index in [0.717, 1.165) is 24.3 Å².